The van der Waals surface area contributed by atoms with Gasteiger partial charge < -0.3 is 19.5 Å². The van der Waals surface area contributed by atoms with Crippen LogP contribution in [0.4, 0.5) is 5.69 Å². The molecule has 0 radical (unpaired) electrons. The number of ether oxygens (including phenoxy) is 1. The zero-order chi connectivity index (χ0) is 20.5. The number of methoxy groups -OCH3 is 1. The zero-order valence-corrected chi connectivity index (χ0v) is 17.3. The van der Waals surface area contributed by atoms with Crippen LogP contribution in [0.1, 0.15) is 51.6 Å². The van der Waals surface area contributed by atoms with Crippen molar-refractivity contribution >= 4 is 17.5 Å². The van der Waals surface area contributed by atoms with Crippen molar-refractivity contribution in [3.05, 3.63) is 28.2 Å². The SMILES string of the molecule is COCCC(=O)Nc1ccc2n(c1=O)C[C@@H]1C[C@@H]2CN(C(=O)CC(C)(C)C)C1. The maximum atomic E-state index is 12.9. The molecule has 28 heavy (non-hydrogen) atoms. The summed E-state index contributed by atoms with van der Waals surface area (Å²) in [6.07, 6.45) is 1.75. The first-order chi connectivity index (χ1) is 13.2. The van der Waals surface area contributed by atoms with Crippen LogP contribution in [0.15, 0.2) is 16.9 Å². The molecule has 7 nitrogen and oxygen atoms in total. The van der Waals surface area contributed by atoms with Crippen molar-refractivity contribution in [3.8, 4) is 0 Å². The van der Waals surface area contributed by atoms with Gasteiger partial charge in [-0.15, -0.1) is 0 Å². The highest BCUT2D eigenvalue weighted by Gasteiger charge is 2.37. The van der Waals surface area contributed by atoms with Crippen molar-refractivity contribution in [2.75, 3.05) is 32.1 Å². The maximum Gasteiger partial charge on any atom is 0.274 e. The molecule has 2 bridgehead atoms. The predicted octanol–water partition coefficient (Wildman–Crippen LogP) is 2.21. The molecule has 2 aliphatic heterocycles. The Morgan fingerprint density at radius 1 is 1.21 bits per heavy atom. The number of nitrogens with zero attached hydrogens (tertiary/aromatic N) is 2. The third-order valence-electron chi connectivity index (χ3n) is 5.45. The minimum Gasteiger partial charge on any atom is -0.384 e. The fraction of sp³-hybridized carbons (Fsp3) is 0.667. The highest BCUT2D eigenvalue weighted by Crippen LogP contribution is 2.36. The second kappa shape index (κ2) is 8.07. The Balaban J connectivity index is 1.77. The highest BCUT2D eigenvalue weighted by atomic mass is 16.5. The van der Waals surface area contributed by atoms with Gasteiger partial charge in [0.05, 0.1) is 13.0 Å². The van der Waals surface area contributed by atoms with Gasteiger partial charge in [0.15, 0.2) is 0 Å². The number of hydrogen-bond donors (Lipinski definition) is 1. The van der Waals surface area contributed by atoms with Gasteiger partial charge in [-0.25, -0.2) is 0 Å². The second-order valence-electron chi connectivity index (χ2n) is 9.21. The van der Waals surface area contributed by atoms with E-state index in [-0.39, 0.29) is 41.0 Å². The molecule has 1 saturated heterocycles. The molecule has 2 aliphatic rings. The Morgan fingerprint density at radius 3 is 2.64 bits per heavy atom. The number of aromatic nitrogens is 1. The van der Waals surface area contributed by atoms with E-state index < -0.39 is 0 Å². The number of fused-ring (bicyclic) bond motifs is 4. The molecule has 2 atom stereocenters. The summed E-state index contributed by atoms with van der Waals surface area (Å²) in [7, 11) is 1.54. The molecule has 3 heterocycles. The number of anilines is 1. The molecular formula is C21H31N3O4. The van der Waals surface area contributed by atoms with Crippen LogP contribution in [0.5, 0.6) is 0 Å². The van der Waals surface area contributed by atoms with E-state index in [9.17, 15) is 14.4 Å². The minimum absolute atomic E-state index is 0.0333. The summed E-state index contributed by atoms with van der Waals surface area (Å²) in [4.78, 5) is 39.5. The fourth-order valence-corrected chi connectivity index (χ4v) is 4.22. The lowest BCUT2D eigenvalue weighted by atomic mass is 9.82. The zero-order valence-electron chi connectivity index (χ0n) is 17.3. The van der Waals surface area contributed by atoms with Crippen LogP contribution in [-0.2, 0) is 20.9 Å². The van der Waals surface area contributed by atoms with Gasteiger partial charge in [-0.05, 0) is 29.9 Å². The van der Waals surface area contributed by atoms with Crippen LogP contribution in [0.2, 0.25) is 0 Å². The monoisotopic (exact) mass is 389 g/mol. The van der Waals surface area contributed by atoms with Gasteiger partial charge in [-0.2, -0.15) is 0 Å². The van der Waals surface area contributed by atoms with Crippen molar-refractivity contribution in [2.45, 2.75) is 52.5 Å². The van der Waals surface area contributed by atoms with E-state index in [1.54, 1.807) is 10.6 Å². The van der Waals surface area contributed by atoms with Crippen LogP contribution in [0.3, 0.4) is 0 Å². The lowest BCUT2D eigenvalue weighted by molar-refractivity contribution is -0.135. The number of pyridine rings is 1. The van der Waals surface area contributed by atoms with E-state index >= 15 is 0 Å². The van der Waals surface area contributed by atoms with E-state index in [1.807, 2.05) is 11.0 Å². The number of carbonyl (C=O) groups excluding carboxylic acids is 2. The Labute approximate surface area is 166 Å². The number of nitrogens with one attached hydrogen (secondary N) is 1. The summed E-state index contributed by atoms with van der Waals surface area (Å²) in [6.45, 7) is 8.49. The number of piperidine rings is 1. The normalized spacial score (nSPS) is 21.2. The van der Waals surface area contributed by atoms with Gasteiger partial charge in [0.1, 0.15) is 5.69 Å². The largest absolute Gasteiger partial charge is 0.384 e. The standard InChI is InChI=1S/C21H31N3O4/c1-21(2,3)10-19(26)23-11-14-9-15(13-23)17-6-5-16(20(27)24(17)12-14)22-18(25)7-8-28-4/h5-6,14-15H,7-13H2,1-4H3,(H,22,25)/t14-,15-/m1/s1. The van der Waals surface area contributed by atoms with Crippen LogP contribution in [0, 0.1) is 11.3 Å². The summed E-state index contributed by atoms with van der Waals surface area (Å²) in [5.74, 6) is 0.407. The van der Waals surface area contributed by atoms with Crippen LogP contribution in [0.25, 0.3) is 0 Å². The van der Waals surface area contributed by atoms with Crippen LogP contribution < -0.4 is 10.9 Å². The molecule has 1 aromatic heterocycles. The summed E-state index contributed by atoms with van der Waals surface area (Å²) in [5, 5.41) is 2.70. The highest BCUT2D eigenvalue weighted by molar-refractivity contribution is 5.90. The van der Waals surface area contributed by atoms with Gasteiger partial charge in [0.25, 0.3) is 5.56 Å². The molecule has 1 N–H and O–H groups in total. The summed E-state index contributed by atoms with van der Waals surface area (Å²) in [6, 6.07) is 3.61. The van der Waals surface area contributed by atoms with Crippen molar-refractivity contribution < 1.29 is 14.3 Å². The third kappa shape index (κ3) is 4.63. The number of carbonyl (C=O) groups is 2. The topological polar surface area (TPSA) is 80.6 Å². The van der Waals surface area contributed by atoms with Gasteiger partial charge in [0.2, 0.25) is 11.8 Å². The minimum atomic E-state index is -0.227. The van der Waals surface area contributed by atoms with Gasteiger partial charge in [-0.1, -0.05) is 20.8 Å². The second-order valence-corrected chi connectivity index (χ2v) is 9.21. The Hall–Kier alpha value is -2.15. The van der Waals surface area contributed by atoms with E-state index in [4.69, 9.17) is 4.74 Å². The first kappa shape index (κ1) is 20.6. The van der Waals surface area contributed by atoms with E-state index in [0.717, 1.165) is 12.1 Å². The Morgan fingerprint density at radius 2 is 1.96 bits per heavy atom. The summed E-state index contributed by atoms with van der Waals surface area (Å²) < 4.78 is 6.69. The molecule has 0 aromatic carbocycles. The quantitative estimate of drug-likeness (QED) is 0.837. The summed E-state index contributed by atoms with van der Waals surface area (Å²) in [5.41, 5.74) is 1.08. The molecule has 0 aliphatic carbocycles. The van der Waals surface area contributed by atoms with Gasteiger partial charge >= 0.3 is 0 Å². The number of hydrogen-bond acceptors (Lipinski definition) is 4. The van der Waals surface area contributed by atoms with Crippen molar-refractivity contribution in [1.82, 2.24) is 9.47 Å². The molecule has 7 heteroatoms. The van der Waals surface area contributed by atoms with Crippen LogP contribution in [-0.4, -0.2) is 48.1 Å². The van der Waals surface area contributed by atoms with Gasteiger partial charge in [-0.3, -0.25) is 14.4 Å². The molecule has 0 unspecified atom stereocenters. The third-order valence-corrected chi connectivity index (χ3v) is 5.45. The molecule has 2 amide bonds. The molecule has 0 saturated carbocycles. The number of rotatable bonds is 5. The lowest BCUT2D eigenvalue weighted by Crippen LogP contribution is -2.49. The maximum absolute atomic E-state index is 12.9. The average molecular weight is 389 g/mol. The molecule has 154 valence electrons. The van der Waals surface area contributed by atoms with E-state index in [1.165, 1.54) is 7.11 Å². The molecule has 0 spiro atoms. The molecule has 1 aromatic rings. The number of amides is 2. The smallest absolute Gasteiger partial charge is 0.274 e. The first-order valence-corrected chi connectivity index (χ1v) is 9.98. The van der Waals surface area contributed by atoms with E-state index in [2.05, 4.69) is 26.1 Å². The summed E-state index contributed by atoms with van der Waals surface area (Å²) >= 11 is 0. The van der Waals surface area contributed by atoms with Crippen LogP contribution >= 0.6 is 0 Å². The Kier molecular flexibility index (Phi) is 5.93. The van der Waals surface area contributed by atoms with Crippen molar-refractivity contribution in [1.29, 1.82) is 0 Å². The Bertz CT molecular complexity index is 809. The van der Waals surface area contributed by atoms with Gasteiger partial charge in [0, 0.05) is 44.8 Å². The predicted molar refractivity (Wildman–Crippen MR) is 107 cm³/mol. The van der Waals surface area contributed by atoms with Crippen molar-refractivity contribution in [2.24, 2.45) is 11.3 Å². The fourth-order valence-electron chi connectivity index (χ4n) is 4.22. The number of likely N-dealkylation sites (tertiary alicyclic amines) is 1. The molecule has 1 fully saturated rings. The molecular weight excluding hydrogens is 358 g/mol. The first-order valence-electron chi connectivity index (χ1n) is 9.98. The molecule has 3 rings (SSSR count). The van der Waals surface area contributed by atoms with E-state index in [0.29, 0.717) is 38.3 Å². The average Bonchev–Trinajstić information content (AvgIpc) is 2.61. The van der Waals surface area contributed by atoms with Crippen molar-refractivity contribution in [3.63, 3.8) is 0 Å². The lowest BCUT2D eigenvalue weighted by Gasteiger charge is -2.43.